The third-order valence-electron chi connectivity index (χ3n) is 10.4. The highest BCUT2D eigenvalue weighted by molar-refractivity contribution is 7.86. The molecule has 0 radical (unpaired) electrons. The van der Waals surface area contributed by atoms with Crippen LogP contribution in [0.25, 0.3) is 0 Å². The van der Waals surface area contributed by atoms with Crippen LogP contribution in [-0.2, 0) is 41.2 Å². The van der Waals surface area contributed by atoms with Crippen molar-refractivity contribution in [1.29, 1.82) is 0 Å². The summed E-state index contributed by atoms with van der Waals surface area (Å²) >= 11 is 7.11. The van der Waals surface area contributed by atoms with E-state index in [0.717, 1.165) is 58.8 Å². The SMILES string of the molecule is CC1(C)C(/C=C/C2=C(Cl)C(=C/C=C3/N(CCCCS(=O)(=O)O)c4ccc(S(=O)(=O)O)cc4C3(C)C)/CCC2)=[N+](CCCCS(=O)(=O)[O-])c2ccccc21. The molecule has 0 aromatic heterocycles. The van der Waals surface area contributed by atoms with Crippen molar-refractivity contribution in [2.24, 2.45) is 0 Å². The molecular weight excluding hydrogens is 760 g/mol. The lowest BCUT2D eigenvalue weighted by molar-refractivity contribution is -0.438. The second kappa shape index (κ2) is 15.6. The zero-order chi connectivity index (χ0) is 39.0. The number of para-hydroxylation sites is 1. The number of halogens is 1. The fraction of sp³-hybridized carbons (Fsp3) is 0.447. The Hall–Kier alpha value is -3.11. The Balaban J connectivity index is 1.48. The summed E-state index contributed by atoms with van der Waals surface area (Å²) in [5.41, 5.74) is 6.37. The average Bonchev–Trinajstić information content (AvgIpc) is 3.40. The van der Waals surface area contributed by atoms with Gasteiger partial charge >= 0.3 is 0 Å². The van der Waals surface area contributed by atoms with Gasteiger partial charge in [0, 0.05) is 58.3 Å². The van der Waals surface area contributed by atoms with Crippen molar-refractivity contribution in [3.05, 3.63) is 99.8 Å². The van der Waals surface area contributed by atoms with Gasteiger partial charge in [0.15, 0.2) is 5.71 Å². The molecule has 0 unspecified atom stereocenters. The van der Waals surface area contributed by atoms with Crippen molar-refractivity contribution < 1.29 is 43.5 Å². The van der Waals surface area contributed by atoms with E-state index in [1.54, 1.807) is 6.07 Å². The summed E-state index contributed by atoms with van der Waals surface area (Å²) in [6.07, 6.45) is 11.9. The molecule has 2 aliphatic heterocycles. The van der Waals surface area contributed by atoms with Gasteiger partial charge in [-0.25, -0.2) is 8.42 Å². The van der Waals surface area contributed by atoms with Gasteiger partial charge in [-0.2, -0.15) is 21.4 Å². The first-order valence-electron chi connectivity index (χ1n) is 17.6. The van der Waals surface area contributed by atoms with Crippen molar-refractivity contribution >= 4 is 59.0 Å². The zero-order valence-electron chi connectivity index (χ0n) is 30.4. The summed E-state index contributed by atoms with van der Waals surface area (Å²) < 4.78 is 102. The number of rotatable bonds is 14. The Morgan fingerprint density at radius 2 is 1.55 bits per heavy atom. The average molecular weight is 807 g/mol. The van der Waals surface area contributed by atoms with Crippen LogP contribution < -0.4 is 4.90 Å². The molecule has 0 spiro atoms. The van der Waals surface area contributed by atoms with Gasteiger partial charge < -0.3 is 9.45 Å². The molecule has 3 aliphatic rings. The fourth-order valence-corrected chi connectivity index (χ4v) is 9.56. The summed E-state index contributed by atoms with van der Waals surface area (Å²) in [5.74, 6) is -0.768. The quantitative estimate of drug-likeness (QED) is 0.114. The van der Waals surface area contributed by atoms with Gasteiger partial charge in [-0.3, -0.25) is 9.11 Å². The summed E-state index contributed by atoms with van der Waals surface area (Å²) in [6.45, 7) is 9.17. The second-order valence-corrected chi connectivity index (χ2v) is 19.7. The van der Waals surface area contributed by atoms with Crippen LogP contribution >= 0.6 is 11.6 Å². The molecule has 2 aromatic rings. The third-order valence-corrected chi connectivity index (χ3v) is 13.3. The van der Waals surface area contributed by atoms with Crippen LogP contribution in [0, 0.1) is 0 Å². The van der Waals surface area contributed by atoms with Gasteiger partial charge in [-0.1, -0.05) is 55.8 Å². The topological polar surface area (TPSA) is 172 Å². The van der Waals surface area contributed by atoms with Gasteiger partial charge in [-0.15, -0.1) is 0 Å². The molecule has 15 heteroatoms. The van der Waals surface area contributed by atoms with E-state index >= 15 is 0 Å². The maximum atomic E-state index is 12.0. The maximum absolute atomic E-state index is 12.0. The van der Waals surface area contributed by atoms with Gasteiger partial charge in [-0.05, 0) is 93.4 Å². The molecule has 5 rings (SSSR count). The maximum Gasteiger partial charge on any atom is 0.294 e. The van der Waals surface area contributed by atoms with E-state index in [4.69, 9.17) is 11.6 Å². The van der Waals surface area contributed by atoms with Crippen LogP contribution in [0.3, 0.4) is 0 Å². The summed E-state index contributed by atoms with van der Waals surface area (Å²) in [7, 11) is -12.9. The van der Waals surface area contributed by atoms with Crippen LogP contribution in [0.1, 0.15) is 83.8 Å². The van der Waals surface area contributed by atoms with Gasteiger partial charge in [0.2, 0.25) is 5.69 Å². The first-order valence-corrected chi connectivity index (χ1v) is 22.6. The number of hydrogen-bond donors (Lipinski definition) is 2. The van der Waals surface area contributed by atoms with Gasteiger partial charge in [0.25, 0.3) is 20.2 Å². The molecule has 0 saturated carbocycles. The van der Waals surface area contributed by atoms with E-state index in [1.807, 2.05) is 55.2 Å². The van der Waals surface area contributed by atoms with E-state index < -0.39 is 41.5 Å². The lowest BCUT2D eigenvalue weighted by atomic mass is 9.81. The van der Waals surface area contributed by atoms with Crippen LogP contribution in [0.15, 0.2) is 93.5 Å². The second-order valence-electron chi connectivity index (χ2n) is 14.8. The predicted molar refractivity (Wildman–Crippen MR) is 207 cm³/mol. The largest absolute Gasteiger partial charge is 0.748 e. The fourth-order valence-electron chi connectivity index (χ4n) is 7.61. The Kier molecular flexibility index (Phi) is 12.1. The number of fused-ring (bicyclic) bond motifs is 2. The molecule has 1 aliphatic carbocycles. The molecule has 0 saturated heterocycles. The lowest BCUT2D eigenvalue weighted by Gasteiger charge is -2.27. The van der Waals surface area contributed by atoms with Crippen molar-refractivity contribution in [2.75, 3.05) is 29.5 Å². The Morgan fingerprint density at radius 3 is 2.23 bits per heavy atom. The molecule has 0 fully saturated rings. The first kappa shape index (κ1) is 41.1. The normalized spacial score (nSPS) is 20.3. The summed E-state index contributed by atoms with van der Waals surface area (Å²) in [6, 6.07) is 12.6. The Bertz CT molecular complexity index is 2270. The van der Waals surface area contributed by atoms with Crippen molar-refractivity contribution in [3.63, 3.8) is 0 Å². The van der Waals surface area contributed by atoms with Crippen LogP contribution in [0.5, 0.6) is 0 Å². The molecular formula is C38H47ClN2O9S3. The number of anilines is 1. The minimum atomic E-state index is -4.45. The number of nitrogens with zero attached hydrogens (tertiary/aromatic N) is 2. The molecule has 0 amide bonds. The van der Waals surface area contributed by atoms with Crippen molar-refractivity contribution in [2.45, 2.75) is 88.4 Å². The monoisotopic (exact) mass is 806 g/mol. The molecule has 2 N–H and O–H groups in total. The molecule has 2 heterocycles. The van der Waals surface area contributed by atoms with E-state index in [2.05, 4.69) is 30.6 Å². The van der Waals surface area contributed by atoms with Crippen molar-refractivity contribution in [1.82, 2.24) is 0 Å². The number of hydrogen-bond acceptors (Lipinski definition) is 8. The van der Waals surface area contributed by atoms with E-state index in [9.17, 15) is 38.9 Å². The highest BCUT2D eigenvalue weighted by Gasteiger charge is 2.44. The summed E-state index contributed by atoms with van der Waals surface area (Å²) in [4.78, 5) is 1.80. The van der Waals surface area contributed by atoms with Crippen LogP contribution in [0.4, 0.5) is 11.4 Å². The van der Waals surface area contributed by atoms with Crippen LogP contribution in [0.2, 0.25) is 0 Å². The van der Waals surface area contributed by atoms with Crippen LogP contribution in [-0.4, -0.2) is 73.8 Å². The minimum absolute atomic E-state index is 0.217. The molecule has 2 aromatic carbocycles. The Morgan fingerprint density at radius 1 is 0.849 bits per heavy atom. The van der Waals surface area contributed by atoms with E-state index in [1.165, 1.54) is 12.1 Å². The van der Waals surface area contributed by atoms with Gasteiger partial charge in [0.1, 0.15) is 6.54 Å². The van der Waals surface area contributed by atoms with E-state index in [0.29, 0.717) is 36.5 Å². The summed E-state index contributed by atoms with van der Waals surface area (Å²) in [5, 5.41) is 0.632. The molecule has 288 valence electrons. The molecule has 0 bridgehead atoms. The highest BCUT2D eigenvalue weighted by Crippen LogP contribution is 2.49. The number of benzene rings is 2. The van der Waals surface area contributed by atoms with Crippen molar-refractivity contribution in [3.8, 4) is 0 Å². The third kappa shape index (κ3) is 9.41. The molecule has 53 heavy (non-hydrogen) atoms. The van der Waals surface area contributed by atoms with E-state index in [-0.39, 0.29) is 28.9 Å². The number of unbranched alkanes of at least 4 members (excludes halogenated alkanes) is 2. The zero-order valence-corrected chi connectivity index (χ0v) is 33.6. The molecule has 11 nitrogen and oxygen atoms in total. The lowest BCUT2D eigenvalue weighted by Crippen LogP contribution is -2.28. The standard InChI is InChI=1S/C38H47ClN2O9S3/c1-37(2)30-14-5-6-15-32(30)40(22-7-9-24-51(42,43)44)34(37)20-16-27-12-11-13-28(36(27)39)17-21-35-38(3,4)31-26-29(53(48,49)50)18-19-33(31)41(35)23-8-10-25-52(45,46)47/h5-6,14-21,26H,7-13,22-25H2,1-4H3,(H2-,42,43,44,45,46,47,48,49,50). The van der Waals surface area contributed by atoms with Gasteiger partial charge in [0.05, 0.1) is 26.2 Å². The Labute approximate surface area is 318 Å². The highest BCUT2D eigenvalue weighted by atomic mass is 35.5. The predicted octanol–water partition coefficient (Wildman–Crippen LogP) is 7.14. The number of allylic oxidation sites excluding steroid dienone is 8. The smallest absolute Gasteiger partial charge is 0.294 e. The molecule has 0 atom stereocenters. The first-order chi connectivity index (χ1) is 24.6. The minimum Gasteiger partial charge on any atom is -0.748 e.